The van der Waals surface area contributed by atoms with Gasteiger partial charge in [0.2, 0.25) is 0 Å². The molecule has 1 heterocycles. The van der Waals surface area contributed by atoms with Crippen molar-refractivity contribution in [3.05, 3.63) is 46.7 Å². The van der Waals surface area contributed by atoms with Gasteiger partial charge >= 0.3 is 0 Å². The van der Waals surface area contributed by atoms with Crippen LogP contribution in [0.3, 0.4) is 0 Å². The first-order chi connectivity index (χ1) is 8.13. The van der Waals surface area contributed by atoms with Crippen molar-refractivity contribution in [2.75, 3.05) is 0 Å². The van der Waals surface area contributed by atoms with E-state index in [0.717, 1.165) is 16.0 Å². The van der Waals surface area contributed by atoms with Gasteiger partial charge in [0.15, 0.2) is 0 Å². The number of halogens is 2. The number of rotatable bonds is 3. The van der Waals surface area contributed by atoms with Gasteiger partial charge < -0.3 is 0 Å². The monoisotopic (exact) mass is 312 g/mol. The van der Waals surface area contributed by atoms with Crippen LogP contribution in [0.1, 0.15) is 31.0 Å². The highest BCUT2D eigenvalue weighted by atomic mass is 79.9. The summed E-state index contributed by atoms with van der Waals surface area (Å²) >= 11 is 9.40. The van der Waals surface area contributed by atoms with Crippen molar-refractivity contribution in [2.45, 2.75) is 25.1 Å². The first-order valence-corrected chi connectivity index (χ1v) is 7.02. The van der Waals surface area contributed by atoms with E-state index < -0.39 is 0 Å². The zero-order valence-corrected chi connectivity index (χ0v) is 12.2. The Labute approximate surface area is 115 Å². The summed E-state index contributed by atoms with van der Waals surface area (Å²) in [6, 6.07) is 7.74. The molecule has 0 spiro atoms. The van der Waals surface area contributed by atoms with Gasteiger partial charge in [0.25, 0.3) is 0 Å². The number of hydrogen-bond donors (Lipinski definition) is 0. The number of alkyl halides is 1. The summed E-state index contributed by atoms with van der Waals surface area (Å²) in [5.41, 5.74) is 3.52. The zero-order valence-electron chi connectivity index (χ0n) is 9.82. The van der Waals surface area contributed by atoms with E-state index in [1.54, 1.807) is 0 Å². The van der Waals surface area contributed by atoms with E-state index in [4.69, 9.17) is 11.6 Å². The lowest BCUT2D eigenvalue weighted by molar-refractivity contribution is 0.730. The van der Waals surface area contributed by atoms with Gasteiger partial charge in [-0.1, -0.05) is 41.4 Å². The van der Waals surface area contributed by atoms with Crippen LogP contribution in [0.15, 0.2) is 30.5 Å². The molecular formula is C13H14BrClN2. The molecule has 0 saturated heterocycles. The molecular weight excluding hydrogens is 300 g/mol. The second kappa shape index (κ2) is 5.23. The highest BCUT2D eigenvalue weighted by Gasteiger charge is 2.14. The zero-order chi connectivity index (χ0) is 12.4. The predicted molar refractivity (Wildman–Crippen MR) is 75.3 cm³/mol. The number of nitrogens with zero attached hydrogens (tertiary/aromatic N) is 2. The quantitative estimate of drug-likeness (QED) is 0.760. The summed E-state index contributed by atoms with van der Waals surface area (Å²) < 4.78 is 1.98. The van der Waals surface area contributed by atoms with E-state index in [2.05, 4.69) is 34.9 Å². The van der Waals surface area contributed by atoms with Crippen LogP contribution in [-0.2, 0) is 5.33 Å². The second-order valence-corrected chi connectivity index (χ2v) is 5.23. The fourth-order valence-electron chi connectivity index (χ4n) is 1.90. The summed E-state index contributed by atoms with van der Waals surface area (Å²) in [7, 11) is 0. The van der Waals surface area contributed by atoms with Crippen molar-refractivity contribution < 1.29 is 0 Å². The van der Waals surface area contributed by atoms with E-state index in [0.29, 0.717) is 5.92 Å². The Morgan fingerprint density at radius 3 is 2.47 bits per heavy atom. The molecule has 0 bridgehead atoms. The van der Waals surface area contributed by atoms with E-state index in [-0.39, 0.29) is 0 Å². The van der Waals surface area contributed by atoms with E-state index >= 15 is 0 Å². The summed E-state index contributed by atoms with van der Waals surface area (Å²) in [6.07, 6.45) is 1.92. The van der Waals surface area contributed by atoms with Crippen LogP contribution < -0.4 is 0 Å². The van der Waals surface area contributed by atoms with Gasteiger partial charge in [-0.2, -0.15) is 5.10 Å². The van der Waals surface area contributed by atoms with Gasteiger partial charge in [0.05, 0.1) is 17.6 Å². The SMILES string of the molecule is CC(C)c1c(CBr)cnn1-c1ccc(Cl)cc1. The van der Waals surface area contributed by atoms with Gasteiger partial charge in [0.1, 0.15) is 0 Å². The van der Waals surface area contributed by atoms with Crippen molar-refractivity contribution in [1.29, 1.82) is 0 Å². The van der Waals surface area contributed by atoms with Crippen LogP contribution in [0.4, 0.5) is 0 Å². The standard InChI is InChI=1S/C13H14BrClN2/c1-9(2)13-10(7-14)8-16-17(13)12-5-3-11(15)4-6-12/h3-6,8-9H,7H2,1-2H3. The Balaban J connectivity index is 2.51. The molecule has 0 atom stereocenters. The minimum absolute atomic E-state index is 0.431. The van der Waals surface area contributed by atoms with E-state index in [9.17, 15) is 0 Å². The molecule has 0 aliphatic heterocycles. The lowest BCUT2D eigenvalue weighted by Gasteiger charge is -2.12. The van der Waals surface area contributed by atoms with Crippen molar-refractivity contribution in [1.82, 2.24) is 9.78 Å². The summed E-state index contributed by atoms with van der Waals surface area (Å²) in [5.74, 6) is 0.431. The van der Waals surface area contributed by atoms with Gasteiger partial charge in [-0.05, 0) is 30.2 Å². The third-order valence-corrected chi connectivity index (χ3v) is 3.50. The average Bonchev–Trinajstić information content (AvgIpc) is 2.73. The third-order valence-electron chi connectivity index (χ3n) is 2.65. The van der Waals surface area contributed by atoms with Crippen molar-refractivity contribution in [2.24, 2.45) is 0 Å². The smallest absolute Gasteiger partial charge is 0.0650 e. The molecule has 4 heteroatoms. The van der Waals surface area contributed by atoms with Crippen molar-refractivity contribution in [3.63, 3.8) is 0 Å². The van der Waals surface area contributed by atoms with Crippen LogP contribution in [0.25, 0.3) is 5.69 Å². The molecule has 0 radical (unpaired) electrons. The van der Waals surface area contributed by atoms with Crippen molar-refractivity contribution >= 4 is 27.5 Å². The van der Waals surface area contributed by atoms with Gasteiger partial charge in [0, 0.05) is 15.9 Å². The molecule has 17 heavy (non-hydrogen) atoms. The Bertz CT molecular complexity index is 503. The molecule has 2 nitrogen and oxygen atoms in total. The first-order valence-electron chi connectivity index (χ1n) is 5.52. The normalized spacial score (nSPS) is 11.1. The minimum atomic E-state index is 0.431. The summed E-state index contributed by atoms with van der Waals surface area (Å²) in [5, 5.41) is 6.02. The van der Waals surface area contributed by atoms with Crippen LogP contribution in [0.5, 0.6) is 0 Å². The van der Waals surface area contributed by atoms with Gasteiger partial charge in [-0.3, -0.25) is 0 Å². The largest absolute Gasteiger partial charge is 0.237 e. The molecule has 0 N–H and O–H groups in total. The van der Waals surface area contributed by atoms with Crippen LogP contribution in [0.2, 0.25) is 5.02 Å². The summed E-state index contributed by atoms with van der Waals surface area (Å²) in [6.45, 7) is 4.35. The molecule has 0 aliphatic rings. The molecule has 0 amide bonds. The molecule has 90 valence electrons. The lowest BCUT2D eigenvalue weighted by atomic mass is 10.1. The predicted octanol–water partition coefficient (Wildman–Crippen LogP) is 4.54. The Kier molecular flexibility index (Phi) is 3.89. The fraction of sp³-hybridized carbons (Fsp3) is 0.308. The molecule has 0 fully saturated rings. The average molecular weight is 314 g/mol. The molecule has 1 aromatic carbocycles. The fourth-order valence-corrected chi connectivity index (χ4v) is 2.46. The van der Waals surface area contributed by atoms with Crippen LogP contribution in [0, 0.1) is 0 Å². The topological polar surface area (TPSA) is 17.8 Å². The van der Waals surface area contributed by atoms with Crippen LogP contribution in [-0.4, -0.2) is 9.78 Å². The molecule has 2 rings (SSSR count). The van der Waals surface area contributed by atoms with Crippen molar-refractivity contribution in [3.8, 4) is 5.69 Å². The van der Waals surface area contributed by atoms with Gasteiger partial charge in [-0.15, -0.1) is 0 Å². The Morgan fingerprint density at radius 2 is 1.94 bits per heavy atom. The first kappa shape index (κ1) is 12.7. The van der Waals surface area contributed by atoms with E-state index in [1.807, 2.05) is 35.1 Å². The maximum Gasteiger partial charge on any atom is 0.0650 e. The maximum atomic E-state index is 5.90. The number of benzene rings is 1. The Morgan fingerprint density at radius 1 is 1.29 bits per heavy atom. The molecule has 0 unspecified atom stereocenters. The molecule has 1 aromatic heterocycles. The lowest BCUT2D eigenvalue weighted by Crippen LogP contribution is -2.04. The number of hydrogen-bond acceptors (Lipinski definition) is 1. The highest BCUT2D eigenvalue weighted by Crippen LogP contribution is 2.25. The maximum absolute atomic E-state index is 5.90. The highest BCUT2D eigenvalue weighted by molar-refractivity contribution is 9.08. The minimum Gasteiger partial charge on any atom is -0.237 e. The summed E-state index contributed by atoms with van der Waals surface area (Å²) in [4.78, 5) is 0. The Hall–Kier alpha value is -0.800. The number of aromatic nitrogens is 2. The van der Waals surface area contributed by atoms with E-state index in [1.165, 1.54) is 11.3 Å². The molecule has 0 saturated carbocycles. The van der Waals surface area contributed by atoms with Gasteiger partial charge in [-0.25, -0.2) is 4.68 Å². The molecule has 2 aromatic rings. The third kappa shape index (κ3) is 2.55. The second-order valence-electron chi connectivity index (χ2n) is 4.23. The molecule has 0 aliphatic carbocycles. The van der Waals surface area contributed by atoms with Crippen LogP contribution >= 0.6 is 27.5 Å².